The fourth-order valence-corrected chi connectivity index (χ4v) is 5.21. The van der Waals surface area contributed by atoms with Crippen molar-refractivity contribution in [2.24, 2.45) is 0 Å². The molecular weight excluding hydrogens is 359 g/mol. The van der Waals surface area contributed by atoms with E-state index in [1.54, 1.807) is 0 Å². The standard InChI is InChI=1S/C18H23FN2O2S2/c19-17-5-3-15(4-6-17)14-25(22,23)20-9-12-21-10-7-16(8-11-21)18-2-1-13-24-18/h1-6,13,16,20H,7-12,14H2. The van der Waals surface area contributed by atoms with Crippen LogP contribution in [0.2, 0.25) is 0 Å². The molecule has 136 valence electrons. The molecule has 0 unspecified atom stereocenters. The maximum absolute atomic E-state index is 12.9. The largest absolute Gasteiger partial charge is 0.302 e. The van der Waals surface area contributed by atoms with Gasteiger partial charge in [-0.15, -0.1) is 11.3 Å². The highest BCUT2D eigenvalue weighted by molar-refractivity contribution is 7.88. The van der Waals surface area contributed by atoms with E-state index in [-0.39, 0.29) is 11.6 Å². The van der Waals surface area contributed by atoms with Gasteiger partial charge in [-0.3, -0.25) is 0 Å². The van der Waals surface area contributed by atoms with Crippen molar-refractivity contribution in [1.82, 2.24) is 9.62 Å². The van der Waals surface area contributed by atoms with Gasteiger partial charge in [-0.05, 0) is 61.0 Å². The third-order valence-corrected chi connectivity index (χ3v) is 6.95. The maximum atomic E-state index is 12.9. The third kappa shape index (κ3) is 5.60. The van der Waals surface area contributed by atoms with Gasteiger partial charge in [-0.25, -0.2) is 17.5 Å². The summed E-state index contributed by atoms with van der Waals surface area (Å²) in [6, 6.07) is 9.87. The van der Waals surface area contributed by atoms with Crippen LogP contribution in [0.15, 0.2) is 41.8 Å². The Balaban J connectivity index is 1.40. The van der Waals surface area contributed by atoms with Gasteiger partial charge in [0.2, 0.25) is 10.0 Å². The summed E-state index contributed by atoms with van der Waals surface area (Å²) < 4.78 is 39.7. The van der Waals surface area contributed by atoms with Crippen LogP contribution >= 0.6 is 11.3 Å². The average molecular weight is 383 g/mol. The Kier molecular flexibility index (Phi) is 6.22. The molecule has 1 saturated heterocycles. The van der Waals surface area contributed by atoms with E-state index in [1.807, 2.05) is 11.3 Å². The first-order chi connectivity index (χ1) is 12.0. The topological polar surface area (TPSA) is 49.4 Å². The minimum absolute atomic E-state index is 0.117. The van der Waals surface area contributed by atoms with E-state index in [0.29, 0.717) is 18.0 Å². The lowest BCUT2D eigenvalue weighted by Gasteiger charge is -2.31. The summed E-state index contributed by atoms with van der Waals surface area (Å²) in [4.78, 5) is 3.77. The van der Waals surface area contributed by atoms with Crippen LogP contribution in [0.1, 0.15) is 29.2 Å². The monoisotopic (exact) mass is 382 g/mol. The molecule has 0 radical (unpaired) electrons. The number of sulfonamides is 1. The van der Waals surface area contributed by atoms with E-state index in [4.69, 9.17) is 0 Å². The van der Waals surface area contributed by atoms with Crippen molar-refractivity contribution in [2.75, 3.05) is 26.2 Å². The minimum Gasteiger partial charge on any atom is -0.302 e. The molecular formula is C18H23FN2O2S2. The fourth-order valence-electron chi connectivity index (χ4n) is 3.17. The van der Waals surface area contributed by atoms with Crippen LogP contribution in [-0.4, -0.2) is 39.5 Å². The van der Waals surface area contributed by atoms with Crippen molar-refractivity contribution >= 4 is 21.4 Å². The highest BCUT2D eigenvalue weighted by Crippen LogP contribution is 2.30. The van der Waals surface area contributed by atoms with E-state index in [9.17, 15) is 12.8 Å². The first-order valence-electron chi connectivity index (χ1n) is 8.49. The molecule has 0 saturated carbocycles. The molecule has 7 heteroatoms. The first-order valence-corrected chi connectivity index (χ1v) is 11.0. The Labute approximate surface area is 152 Å². The molecule has 1 aromatic carbocycles. The number of nitrogens with zero attached hydrogens (tertiary/aromatic N) is 1. The molecule has 4 nitrogen and oxygen atoms in total. The summed E-state index contributed by atoms with van der Waals surface area (Å²) in [6.45, 7) is 3.14. The molecule has 0 spiro atoms. The highest BCUT2D eigenvalue weighted by Gasteiger charge is 2.21. The number of likely N-dealkylation sites (tertiary alicyclic amines) is 1. The van der Waals surface area contributed by atoms with Crippen molar-refractivity contribution in [1.29, 1.82) is 0 Å². The summed E-state index contributed by atoms with van der Waals surface area (Å²) in [7, 11) is -3.39. The van der Waals surface area contributed by atoms with E-state index >= 15 is 0 Å². The SMILES string of the molecule is O=S(=O)(Cc1ccc(F)cc1)NCCN1CCC(c2cccs2)CC1. The minimum atomic E-state index is -3.39. The van der Waals surface area contributed by atoms with E-state index in [1.165, 1.54) is 29.1 Å². The van der Waals surface area contributed by atoms with Crippen LogP contribution in [0, 0.1) is 5.82 Å². The van der Waals surface area contributed by atoms with Crippen LogP contribution in [0.4, 0.5) is 4.39 Å². The lowest BCUT2D eigenvalue weighted by atomic mass is 9.95. The number of thiophene rings is 1. The van der Waals surface area contributed by atoms with Crippen molar-refractivity contribution in [3.8, 4) is 0 Å². The molecule has 0 bridgehead atoms. The van der Waals surface area contributed by atoms with Gasteiger partial charge in [-0.1, -0.05) is 18.2 Å². The van der Waals surface area contributed by atoms with E-state index in [0.717, 1.165) is 32.5 Å². The Morgan fingerprint density at radius 3 is 2.52 bits per heavy atom. The van der Waals surface area contributed by atoms with E-state index in [2.05, 4.69) is 27.1 Å². The van der Waals surface area contributed by atoms with Crippen LogP contribution in [0.25, 0.3) is 0 Å². The number of nitrogens with one attached hydrogen (secondary N) is 1. The lowest BCUT2D eigenvalue weighted by Crippen LogP contribution is -2.39. The zero-order valence-corrected chi connectivity index (χ0v) is 15.7. The number of hydrogen-bond acceptors (Lipinski definition) is 4. The number of hydrogen-bond donors (Lipinski definition) is 1. The van der Waals surface area contributed by atoms with Gasteiger partial charge in [0.15, 0.2) is 0 Å². The van der Waals surface area contributed by atoms with E-state index < -0.39 is 10.0 Å². The highest BCUT2D eigenvalue weighted by atomic mass is 32.2. The van der Waals surface area contributed by atoms with Crippen molar-refractivity contribution in [3.63, 3.8) is 0 Å². The summed E-state index contributed by atoms with van der Waals surface area (Å²) in [5.74, 6) is 0.166. The first kappa shape index (κ1) is 18.5. The molecule has 0 amide bonds. The van der Waals surface area contributed by atoms with Gasteiger partial charge in [0.1, 0.15) is 5.82 Å². The maximum Gasteiger partial charge on any atom is 0.215 e. The predicted octanol–water partition coefficient (Wildman–Crippen LogP) is 3.19. The number of piperidine rings is 1. The summed E-state index contributed by atoms with van der Waals surface area (Å²) in [5.41, 5.74) is 0.589. The van der Waals surface area contributed by atoms with Crippen molar-refractivity contribution in [3.05, 3.63) is 58.0 Å². The second-order valence-electron chi connectivity index (χ2n) is 6.41. The molecule has 1 fully saturated rings. The molecule has 1 aliphatic rings. The number of benzene rings is 1. The van der Waals surface area contributed by atoms with Gasteiger partial charge >= 0.3 is 0 Å². The third-order valence-electron chi connectivity index (χ3n) is 4.55. The zero-order valence-electron chi connectivity index (χ0n) is 14.0. The number of halogens is 1. The normalized spacial score (nSPS) is 17.0. The second kappa shape index (κ2) is 8.40. The van der Waals surface area contributed by atoms with Gasteiger partial charge < -0.3 is 4.90 Å². The quantitative estimate of drug-likeness (QED) is 0.800. The average Bonchev–Trinajstić information content (AvgIpc) is 3.12. The summed E-state index contributed by atoms with van der Waals surface area (Å²) >= 11 is 1.82. The van der Waals surface area contributed by atoms with Gasteiger partial charge in [-0.2, -0.15) is 0 Å². The van der Waals surface area contributed by atoms with Crippen molar-refractivity contribution < 1.29 is 12.8 Å². The molecule has 0 aliphatic carbocycles. The van der Waals surface area contributed by atoms with Gasteiger partial charge in [0.25, 0.3) is 0 Å². The molecule has 1 aromatic heterocycles. The Bertz CT molecular complexity index is 753. The van der Waals surface area contributed by atoms with Crippen LogP contribution in [0.5, 0.6) is 0 Å². The van der Waals surface area contributed by atoms with Crippen molar-refractivity contribution in [2.45, 2.75) is 24.5 Å². The van der Waals surface area contributed by atoms with Gasteiger partial charge in [0, 0.05) is 18.0 Å². The second-order valence-corrected chi connectivity index (χ2v) is 9.20. The predicted molar refractivity (Wildman–Crippen MR) is 99.8 cm³/mol. The van der Waals surface area contributed by atoms with Crippen LogP contribution in [0.3, 0.4) is 0 Å². The Morgan fingerprint density at radius 1 is 1.16 bits per heavy atom. The van der Waals surface area contributed by atoms with Crippen LogP contribution < -0.4 is 4.72 Å². The molecule has 2 heterocycles. The number of rotatable bonds is 7. The zero-order chi connectivity index (χ0) is 17.7. The lowest BCUT2D eigenvalue weighted by molar-refractivity contribution is 0.217. The summed E-state index contributed by atoms with van der Waals surface area (Å²) in [5, 5.41) is 2.12. The molecule has 2 aromatic rings. The Hall–Kier alpha value is -1.28. The fraction of sp³-hybridized carbons (Fsp3) is 0.444. The Morgan fingerprint density at radius 2 is 1.88 bits per heavy atom. The summed E-state index contributed by atoms with van der Waals surface area (Å²) in [6.07, 6.45) is 2.26. The molecule has 3 rings (SSSR count). The smallest absolute Gasteiger partial charge is 0.215 e. The van der Waals surface area contributed by atoms with Gasteiger partial charge in [0.05, 0.1) is 5.75 Å². The molecule has 25 heavy (non-hydrogen) atoms. The molecule has 1 N–H and O–H groups in total. The molecule has 1 aliphatic heterocycles. The molecule has 0 atom stereocenters. The van der Waals surface area contributed by atoms with Crippen LogP contribution in [-0.2, 0) is 15.8 Å².